The highest BCUT2D eigenvalue weighted by atomic mass is 32.1. The number of benzene rings is 2. The van der Waals surface area contributed by atoms with E-state index in [1.165, 1.54) is 17.0 Å². The summed E-state index contributed by atoms with van der Waals surface area (Å²) in [6.07, 6.45) is -0.00320. The van der Waals surface area contributed by atoms with Crippen molar-refractivity contribution in [1.82, 2.24) is 10.3 Å². The maximum atomic E-state index is 13.3. The van der Waals surface area contributed by atoms with Crippen molar-refractivity contribution in [2.45, 2.75) is 26.8 Å². The third-order valence-electron chi connectivity index (χ3n) is 4.69. The van der Waals surface area contributed by atoms with Crippen molar-refractivity contribution in [3.8, 4) is 0 Å². The fourth-order valence-corrected chi connectivity index (χ4v) is 4.01. The molecule has 0 unspecified atom stereocenters. The van der Waals surface area contributed by atoms with E-state index in [4.69, 9.17) is 4.74 Å². The number of esters is 1. The third kappa shape index (κ3) is 6.85. The number of anilines is 2. The van der Waals surface area contributed by atoms with Gasteiger partial charge in [-0.1, -0.05) is 41.7 Å². The van der Waals surface area contributed by atoms with Crippen LogP contribution in [0.1, 0.15) is 34.3 Å². The molecule has 0 radical (unpaired) electrons. The quantitative estimate of drug-likeness (QED) is 0.435. The molecule has 1 heterocycles. The van der Waals surface area contributed by atoms with E-state index in [0.29, 0.717) is 27.0 Å². The molecule has 3 aromatic rings. The second-order valence-corrected chi connectivity index (χ2v) is 8.21. The molecule has 0 aliphatic heterocycles. The van der Waals surface area contributed by atoms with Gasteiger partial charge in [0.05, 0.1) is 18.8 Å². The third-order valence-corrected chi connectivity index (χ3v) is 5.85. The minimum atomic E-state index is -0.503. The number of amides is 3. The highest BCUT2D eigenvalue weighted by molar-refractivity contribution is 7.17. The van der Waals surface area contributed by atoms with Gasteiger partial charge in [0.15, 0.2) is 5.13 Å². The van der Waals surface area contributed by atoms with Gasteiger partial charge in [-0.25, -0.2) is 19.0 Å². The van der Waals surface area contributed by atoms with E-state index < -0.39 is 12.0 Å². The van der Waals surface area contributed by atoms with Crippen LogP contribution in [0.25, 0.3) is 0 Å². The molecule has 8 nitrogen and oxygen atoms in total. The second-order valence-electron chi connectivity index (χ2n) is 7.23. The van der Waals surface area contributed by atoms with E-state index in [1.807, 2.05) is 6.07 Å². The number of carbonyl (C=O) groups excluding carboxylic acids is 3. The first-order valence-corrected chi connectivity index (χ1v) is 11.5. The van der Waals surface area contributed by atoms with Crippen molar-refractivity contribution in [2.75, 3.05) is 23.4 Å². The van der Waals surface area contributed by atoms with Gasteiger partial charge < -0.3 is 15.4 Å². The Morgan fingerprint density at radius 1 is 1.09 bits per heavy atom. The maximum Gasteiger partial charge on any atom is 0.350 e. The number of hydrogen-bond acceptors (Lipinski definition) is 6. The van der Waals surface area contributed by atoms with Gasteiger partial charge >= 0.3 is 12.0 Å². The number of nitrogens with zero attached hydrogens (tertiary/aromatic N) is 2. The van der Waals surface area contributed by atoms with E-state index in [1.54, 1.807) is 50.2 Å². The molecule has 0 saturated carbocycles. The van der Waals surface area contributed by atoms with Crippen LogP contribution in [0.4, 0.5) is 20.0 Å². The summed E-state index contributed by atoms with van der Waals surface area (Å²) in [5.74, 6) is -1.20. The first-order valence-electron chi connectivity index (χ1n) is 10.7. The minimum Gasteiger partial charge on any atom is -0.462 e. The molecular weight excluding hydrogens is 459 g/mol. The average molecular weight is 485 g/mol. The van der Waals surface area contributed by atoms with E-state index in [0.717, 1.165) is 11.3 Å². The van der Waals surface area contributed by atoms with Crippen LogP contribution in [0.2, 0.25) is 0 Å². The van der Waals surface area contributed by atoms with Gasteiger partial charge in [-0.2, -0.15) is 0 Å². The van der Waals surface area contributed by atoms with Gasteiger partial charge in [0.2, 0.25) is 5.91 Å². The number of carbonyl (C=O) groups is 3. The lowest BCUT2D eigenvalue weighted by atomic mass is 10.2. The number of rotatable bonds is 9. The van der Waals surface area contributed by atoms with Crippen LogP contribution in [0, 0.1) is 12.7 Å². The van der Waals surface area contributed by atoms with E-state index in [2.05, 4.69) is 15.6 Å². The number of halogens is 1. The Kier molecular flexibility index (Phi) is 8.69. The Morgan fingerprint density at radius 3 is 2.47 bits per heavy atom. The molecule has 0 fully saturated rings. The number of hydrogen-bond donors (Lipinski definition) is 2. The fraction of sp³-hybridized carbons (Fsp3) is 0.250. The van der Waals surface area contributed by atoms with Gasteiger partial charge in [-0.05, 0) is 43.7 Å². The summed E-state index contributed by atoms with van der Waals surface area (Å²) in [4.78, 5) is 43.5. The Balaban J connectivity index is 1.70. The zero-order valence-corrected chi connectivity index (χ0v) is 19.7. The van der Waals surface area contributed by atoms with Gasteiger partial charge in [0, 0.05) is 18.7 Å². The van der Waals surface area contributed by atoms with Crippen LogP contribution in [0.3, 0.4) is 0 Å². The lowest BCUT2D eigenvalue weighted by Crippen LogP contribution is -2.35. The summed E-state index contributed by atoms with van der Waals surface area (Å²) in [6.45, 7) is 3.82. The van der Waals surface area contributed by atoms with E-state index in [-0.39, 0.29) is 37.8 Å². The largest absolute Gasteiger partial charge is 0.462 e. The van der Waals surface area contributed by atoms with Crippen LogP contribution in [-0.4, -0.2) is 36.0 Å². The Labute approximate surface area is 200 Å². The standard InChI is InChI=1S/C24H25FN4O4S/c1-3-33-22(31)21-16(2)27-24(34-21)29(15-17-9-11-18(25)12-10-17)20(30)13-14-26-23(32)28-19-7-5-4-6-8-19/h4-12H,3,13-15H2,1-2H3,(H2,26,28,32). The maximum absolute atomic E-state index is 13.3. The van der Waals surface area contributed by atoms with Crippen molar-refractivity contribution in [3.05, 3.63) is 76.5 Å². The first kappa shape index (κ1) is 24.8. The first-order chi connectivity index (χ1) is 16.4. The number of aromatic nitrogens is 1. The molecule has 3 rings (SSSR count). The van der Waals surface area contributed by atoms with Gasteiger partial charge in [-0.3, -0.25) is 9.69 Å². The van der Waals surface area contributed by atoms with Crippen molar-refractivity contribution < 1.29 is 23.5 Å². The van der Waals surface area contributed by atoms with Gasteiger partial charge in [-0.15, -0.1) is 0 Å². The summed E-state index contributed by atoms with van der Waals surface area (Å²) in [6, 6.07) is 14.3. The molecule has 3 amide bonds. The lowest BCUT2D eigenvalue weighted by molar-refractivity contribution is -0.118. The number of nitrogens with one attached hydrogen (secondary N) is 2. The lowest BCUT2D eigenvalue weighted by Gasteiger charge is -2.20. The molecule has 2 aromatic carbocycles. The van der Waals surface area contributed by atoms with E-state index >= 15 is 0 Å². The smallest absolute Gasteiger partial charge is 0.350 e. The molecule has 0 aliphatic carbocycles. The fourth-order valence-electron chi connectivity index (χ4n) is 3.03. The predicted molar refractivity (Wildman–Crippen MR) is 128 cm³/mol. The van der Waals surface area contributed by atoms with E-state index in [9.17, 15) is 18.8 Å². The number of para-hydroxylation sites is 1. The van der Waals surface area contributed by atoms with Crippen LogP contribution in [-0.2, 0) is 16.1 Å². The molecule has 0 bridgehead atoms. The molecule has 0 atom stereocenters. The summed E-state index contributed by atoms with van der Waals surface area (Å²) in [5.41, 5.74) is 1.78. The average Bonchev–Trinajstić information content (AvgIpc) is 3.20. The van der Waals surface area contributed by atoms with Crippen LogP contribution >= 0.6 is 11.3 Å². The molecule has 2 N–H and O–H groups in total. The number of thiazole rings is 1. The van der Waals surface area contributed by atoms with Gasteiger partial charge in [0.1, 0.15) is 10.7 Å². The Bertz CT molecular complexity index is 1140. The van der Waals surface area contributed by atoms with Crippen molar-refractivity contribution in [1.29, 1.82) is 0 Å². The number of aryl methyl sites for hydroxylation is 1. The molecule has 0 aliphatic rings. The molecule has 0 saturated heterocycles. The highest BCUT2D eigenvalue weighted by Crippen LogP contribution is 2.28. The SMILES string of the molecule is CCOC(=O)c1sc(N(Cc2ccc(F)cc2)C(=O)CCNC(=O)Nc2ccccc2)nc1C. The summed E-state index contributed by atoms with van der Waals surface area (Å²) < 4.78 is 18.4. The summed E-state index contributed by atoms with van der Waals surface area (Å²) >= 11 is 1.05. The van der Waals surface area contributed by atoms with Crippen molar-refractivity contribution >= 4 is 40.1 Å². The molecular formula is C24H25FN4O4S. The number of ether oxygens (including phenoxy) is 1. The monoisotopic (exact) mass is 484 g/mol. The Hall–Kier alpha value is -3.79. The molecule has 0 spiro atoms. The normalized spacial score (nSPS) is 10.4. The van der Waals surface area contributed by atoms with Crippen molar-refractivity contribution in [2.24, 2.45) is 0 Å². The Morgan fingerprint density at radius 2 is 1.79 bits per heavy atom. The zero-order valence-electron chi connectivity index (χ0n) is 18.8. The van der Waals surface area contributed by atoms with Crippen LogP contribution in [0.15, 0.2) is 54.6 Å². The molecule has 178 valence electrons. The zero-order chi connectivity index (χ0) is 24.5. The van der Waals surface area contributed by atoms with Crippen LogP contribution in [0.5, 0.6) is 0 Å². The predicted octanol–water partition coefficient (Wildman–Crippen LogP) is 4.51. The van der Waals surface area contributed by atoms with Crippen molar-refractivity contribution in [3.63, 3.8) is 0 Å². The molecule has 1 aromatic heterocycles. The summed E-state index contributed by atoms with van der Waals surface area (Å²) in [7, 11) is 0. The topological polar surface area (TPSA) is 101 Å². The molecule has 34 heavy (non-hydrogen) atoms. The minimum absolute atomic E-state index is 0.00320. The number of urea groups is 1. The van der Waals surface area contributed by atoms with Gasteiger partial charge in [0.25, 0.3) is 0 Å². The van der Waals surface area contributed by atoms with Crippen LogP contribution < -0.4 is 15.5 Å². The molecule has 10 heteroatoms. The second kappa shape index (κ2) is 11.9. The summed E-state index contributed by atoms with van der Waals surface area (Å²) in [5, 5.41) is 5.66. The highest BCUT2D eigenvalue weighted by Gasteiger charge is 2.24.